The van der Waals surface area contributed by atoms with Crippen LogP contribution >= 0.6 is 0 Å². The second-order valence-corrected chi connectivity index (χ2v) is 3.39. The Kier molecular flexibility index (Phi) is 4.30. The standard InChI is InChI=1S/C10H15NO4/c1-15-10(14)6-11-5-8(7-12)3-2-4-9(11)13/h3,12H,2,4-7H2,1H3. The number of ether oxygens (including phenoxy) is 1. The zero-order chi connectivity index (χ0) is 11.3. The monoisotopic (exact) mass is 213 g/mol. The van der Waals surface area contributed by atoms with Gasteiger partial charge in [-0.1, -0.05) is 6.08 Å². The summed E-state index contributed by atoms with van der Waals surface area (Å²) in [6.07, 6.45) is 2.84. The van der Waals surface area contributed by atoms with Gasteiger partial charge in [-0.15, -0.1) is 0 Å². The highest BCUT2D eigenvalue weighted by Crippen LogP contribution is 2.10. The molecule has 0 saturated heterocycles. The van der Waals surface area contributed by atoms with Crippen molar-refractivity contribution in [1.82, 2.24) is 4.90 Å². The Hall–Kier alpha value is -1.36. The predicted molar refractivity (Wildman–Crippen MR) is 53.0 cm³/mol. The highest BCUT2D eigenvalue weighted by molar-refractivity contribution is 5.82. The first-order chi connectivity index (χ1) is 7.17. The molecule has 0 aromatic rings. The Bertz CT molecular complexity index is 285. The zero-order valence-corrected chi connectivity index (χ0v) is 8.73. The number of carbonyl (C=O) groups excluding carboxylic acids is 2. The van der Waals surface area contributed by atoms with Gasteiger partial charge in [-0.2, -0.15) is 0 Å². The molecule has 0 aromatic heterocycles. The van der Waals surface area contributed by atoms with Gasteiger partial charge in [0.1, 0.15) is 6.54 Å². The molecule has 1 N–H and O–H groups in total. The number of hydrogen-bond donors (Lipinski definition) is 1. The lowest BCUT2D eigenvalue weighted by atomic mass is 10.2. The minimum Gasteiger partial charge on any atom is -0.468 e. The fourth-order valence-electron chi connectivity index (χ4n) is 1.43. The molecule has 5 nitrogen and oxygen atoms in total. The molecule has 0 spiro atoms. The summed E-state index contributed by atoms with van der Waals surface area (Å²) in [6.45, 7) is 0.183. The van der Waals surface area contributed by atoms with Crippen LogP contribution in [0.1, 0.15) is 12.8 Å². The van der Waals surface area contributed by atoms with Crippen molar-refractivity contribution >= 4 is 11.9 Å². The van der Waals surface area contributed by atoms with Crippen molar-refractivity contribution in [2.45, 2.75) is 12.8 Å². The highest BCUT2D eigenvalue weighted by Gasteiger charge is 2.20. The van der Waals surface area contributed by atoms with Crippen LogP contribution in [0.5, 0.6) is 0 Å². The number of aliphatic hydroxyl groups excluding tert-OH is 1. The fraction of sp³-hybridized carbons (Fsp3) is 0.600. The molecule has 1 amide bonds. The fourth-order valence-corrected chi connectivity index (χ4v) is 1.43. The number of carbonyl (C=O) groups is 2. The smallest absolute Gasteiger partial charge is 0.325 e. The molecule has 84 valence electrons. The van der Waals surface area contributed by atoms with Crippen molar-refractivity contribution < 1.29 is 19.4 Å². The van der Waals surface area contributed by atoms with E-state index in [-0.39, 0.29) is 19.1 Å². The third-order valence-corrected chi connectivity index (χ3v) is 2.29. The zero-order valence-electron chi connectivity index (χ0n) is 8.73. The molecule has 1 aliphatic heterocycles. The van der Waals surface area contributed by atoms with Crippen molar-refractivity contribution in [3.63, 3.8) is 0 Å². The van der Waals surface area contributed by atoms with E-state index in [0.717, 1.165) is 5.57 Å². The molecule has 1 aliphatic rings. The second-order valence-electron chi connectivity index (χ2n) is 3.39. The van der Waals surface area contributed by atoms with Crippen LogP contribution < -0.4 is 0 Å². The number of aliphatic hydroxyl groups is 1. The van der Waals surface area contributed by atoms with E-state index in [4.69, 9.17) is 5.11 Å². The summed E-state index contributed by atoms with van der Waals surface area (Å²) >= 11 is 0. The van der Waals surface area contributed by atoms with Crippen LogP contribution in [-0.4, -0.2) is 48.7 Å². The Morgan fingerprint density at radius 2 is 2.40 bits per heavy atom. The SMILES string of the molecule is COC(=O)CN1CC(CO)=CCCC1=O. The van der Waals surface area contributed by atoms with Gasteiger partial charge in [0.15, 0.2) is 0 Å². The lowest BCUT2D eigenvalue weighted by Crippen LogP contribution is -2.36. The van der Waals surface area contributed by atoms with Crippen LogP contribution in [-0.2, 0) is 14.3 Å². The van der Waals surface area contributed by atoms with Crippen molar-refractivity contribution in [1.29, 1.82) is 0 Å². The Balaban J connectivity index is 2.63. The normalized spacial score (nSPS) is 17.1. The summed E-state index contributed by atoms with van der Waals surface area (Å²) in [5, 5.41) is 8.99. The van der Waals surface area contributed by atoms with Crippen molar-refractivity contribution in [3.8, 4) is 0 Å². The minimum atomic E-state index is -0.442. The van der Waals surface area contributed by atoms with E-state index >= 15 is 0 Å². The second kappa shape index (κ2) is 5.50. The van der Waals surface area contributed by atoms with E-state index in [1.54, 1.807) is 0 Å². The van der Waals surface area contributed by atoms with Crippen LogP contribution in [0.3, 0.4) is 0 Å². The van der Waals surface area contributed by atoms with E-state index < -0.39 is 5.97 Å². The molecule has 1 heterocycles. The molecular formula is C10H15NO4. The van der Waals surface area contributed by atoms with Gasteiger partial charge in [-0.25, -0.2) is 0 Å². The number of nitrogens with zero attached hydrogens (tertiary/aromatic N) is 1. The van der Waals surface area contributed by atoms with Crippen molar-refractivity contribution in [2.75, 3.05) is 26.8 Å². The maximum absolute atomic E-state index is 11.5. The van der Waals surface area contributed by atoms with E-state index in [1.807, 2.05) is 6.08 Å². The third-order valence-electron chi connectivity index (χ3n) is 2.29. The van der Waals surface area contributed by atoms with Gasteiger partial charge in [0.05, 0.1) is 13.7 Å². The number of esters is 1. The average molecular weight is 213 g/mol. The van der Waals surface area contributed by atoms with Gasteiger partial charge in [-0.3, -0.25) is 9.59 Å². The van der Waals surface area contributed by atoms with Gasteiger partial charge in [-0.05, 0) is 12.0 Å². The molecule has 0 unspecified atom stereocenters. The summed E-state index contributed by atoms with van der Waals surface area (Å²) < 4.78 is 4.50. The van der Waals surface area contributed by atoms with Crippen LogP contribution in [0.15, 0.2) is 11.6 Å². The lowest BCUT2D eigenvalue weighted by molar-refractivity contribution is -0.146. The minimum absolute atomic E-state index is 0.0489. The van der Waals surface area contributed by atoms with E-state index in [9.17, 15) is 9.59 Å². The largest absolute Gasteiger partial charge is 0.468 e. The third kappa shape index (κ3) is 3.36. The quantitative estimate of drug-likeness (QED) is 0.516. The van der Waals surface area contributed by atoms with E-state index in [1.165, 1.54) is 12.0 Å². The summed E-state index contributed by atoms with van der Waals surface area (Å²) in [6, 6.07) is 0. The average Bonchev–Trinajstić information content (AvgIpc) is 2.41. The van der Waals surface area contributed by atoms with Gasteiger partial charge in [0, 0.05) is 13.0 Å². The molecule has 0 aliphatic carbocycles. The molecule has 15 heavy (non-hydrogen) atoms. The summed E-state index contributed by atoms with van der Waals surface area (Å²) in [7, 11) is 1.29. The lowest BCUT2D eigenvalue weighted by Gasteiger charge is -2.20. The highest BCUT2D eigenvalue weighted by atomic mass is 16.5. The first-order valence-corrected chi connectivity index (χ1v) is 4.80. The summed E-state index contributed by atoms with van der Waals surface area (Å²) in [4.78, 5) is 24.0. The van der Waals surface area contributed by atoms with Gasteiger partial charge in [0.2, 0.25) is 5.91 Å². The molecule has 1 rings (SSSR count). The summed E-state index contributed by atoms with van der Waals surface area (Å²) in [5.41, 5.74) is 0.768. The van der Waals surface area contributed by atoms with Gasteiger partial charge >= 0.3 is 5.97 Å². The number of rotatable bonds is 3. The molecule has 0 radical (unpaired) electrons. The molecule has 0 saturated carbocycles. The number of amides is 1. The Morgan fingerprint density at radius 3 is 3.00 bits per heavy atom. The van der Waals surface area contributed by atoms with Gasteiger partial charge < -0.3 is 14.7 Å². The maximum atomic E-state index is 11.5. The van der Waals surface area contributed by atoms with Crippen LogP contribution in [0, 0.1) is 0 Å². The van der Waals surface area contributed by atoms with Gasteiger partial charge in [0.25, 0.3) is 0 Å². The molecule has 5 heteroatoms. The Morgan fingerprint density at radius 1 is 1.67 bits per heavy atom. The summed E-state index contributed by atoms with van der Waals surface area (Å²) in [5.74, 6) is -0.525. The first kappa shape index (κ1) is 11.7. The van der Waals surface area contributed by atoms with Crippen LogP contribution in [0.2, 0.25) is 0 Å². The van der Waals surface area contributed by atoms with Crippen LogP contribution in [0.4, 0.5) is 0 Å². The van der Waals surface area contributed by atoms with E-state index in [0.29, 0.717) is 19.4 Å². The van der Waals surface area contributed by atoms with Crippen molar-refractivity contribution in [2.24, 2.45) is 0 Å². The maximum Gasteiger partial charge on any atom is 0.325 e. The van der Waals surface area contributed by atoms with E-state index in [2.05, 4.69) is 4.74 Å². The predicted octanol–water partition coefficient (Wildman–Crippen LogP) is -0.300. The first-order valence-electron chi connectivity index (χ1n) is 4.80. The molecule has 0 fully saturated rings. The Labute approximate surface area is 88.3 Å². The molecule has 0 aromatic carbocycles. The number of hydrogen-bond acceptors (Lipinski definition) is 4. The van der Waals surface area contributed by atoms with Crippen molar-refractivity contribution in [3.05, 3.63) is 11.6 Å². The van der Waals surface area contributed by atoms with Crippen LogP contribution in [0.25, 0.3) is 0 Å². The molecule has 0 bridgehead atoms. The number of methoxy groups -OCH3 is 1. The molecular weight excluding hydrogens is 198 g/mol. The number of allylic oxidation sites excluding steroid dienone is 1. The molecule has 0 atom stereocenters. The topological polar surface area (TPSA) is 66.8 Å².